The quantitative estimate of drug-likeness (QED) is 0.231. The number of oxazole rings is 1. The van der Waals surface area contributed by atoms with Crippen LogP contribution in [0.3, 0.4) is 0 Å². The minimum Gasteiger partial charge on any atom is -0.487 e. The first-order valence-electron chi connectivity index (χ1n) is 13.0. The van der Waals surface area contributed by atoms with E-state index >= 15 is 0 Å². The average molecular weight is 493 g/mol. The topological polar surface area (TPSA) is 48.2 Å². The van der Waals surface area contributed by atoms with Crippen LogP contribution in [0.2, 0.25) is 0 Å². The molecule has 0 unspecified atom stereocenters. The van der Waals surface area contributed by atoms with Crippen molar-refractivity contribution in [2.24, 2.45) is 0 Å². The largest absolute Gasteiger partial charge is 0.487 e. The molecule has 0 bridgehead atoms. The Balaban J connectivity index is 1.38. The fraction of sp³-hybridized carbons (Fsp3) is 0.250. The van der Waals surface area contributed by atoms with Gasteiger partial charge in [-0.05, 0) is 66.4 Å². The van der Waals surface area contributed by atoms with E-state index in [2.05, 4.69) is 47.4 Å². The number of aromatic nitrogens is 2. The second-order valence-electron chi connectivity index (χ2n) is 9.77. The number of aryl methyl sites for hydroxylation is 1. The number of rotatable bonds is 7. The molecular formula is C32H29FN2O2. The molecular weight excluding hydrogens is 463 g/mol. The average Bonchev–Trinajstić information content (AvgIpc) is 3.63. The van der Waals surface area contributed by atoms with Gasteiger partial charge in [0.05, 0.1) is 11.2 Å². The van der Waals surface area contributed by atoms with E-state index in [1.54, 1.807) is 12.3 Å². The van der Waals surface area contributed by atoms with Crippen LogP contribution in [-0.2, 0) is 18.4 Å². The van der Waals surface area contributed by atoms with Gasteiger partial charge in [-0.25, -0.2) is 14.4 Å². The van der Waals surface area contributed by atoms with Crippen molar-refractivity contribution in [1.82, 2.24) is 9.97 Å². The lowest BCUT2D eigenvalue weighted by molar-refractivity contribution is 0.301. The van der Waals surface area contributed by atoms with Gasteiger partial charge in [0.25, 0.3) is 0 Å². The van der Waals surface area contributed by atoms with Gasteiger partial charge in [-0.1, -0.05) is 56.2 Å². The van der Waals surface area contributed by atoms with Gasteiger partial charge in [-0.15, -0.1) is 0 Å². The Morgan fingerprint density at radius 2 is 1.76 bits per heavy atom. The predicted octanol–water partition coefficient (Wildman–Crippen LogP) is 8.03. The molecule has 2 aromatic heterocycles. The van der Waals surface area contributed by atoms with Gasteiger partial charge in [0.1, 0.15) is 30.1 Å². The molecule has 1 fully saturated rings. The summed E-state index contributed by atoms with van der Waals surface area (Å²) >= 11 is 0. The van der Waals surface area contributed by atoms with Gasteiger partial charge in [0.2, 0.25) is 0 Å². The van der Waals surface area contributed by atoms with Crippen LogP contribution in [0.5, 0.6) is 5.75 Å². The van der Waals surface area contributed by atoms with Crippen LogP contribution in [0.15, 0.2) is 89.5 Å². The van der Waals surface area contributed by atoms with Crippen LogP contribution in [0, 0.1) is 5.82 Å². The van der Waals surface area contributed by atoms with Crippen LogP contribution in [0.4, 0.5) is 4.39 Å². The number of hydrogen-bond donors (Lipinski definition) is 0. The third-order valence-electron chi connectivity index (χ3n) is 7.52. The Bertz CT molecular complexity index is 1540. The molecule has 0 atom stereocenters. The second-order valence-corrected chi connectivity index (χ2v) is 9.77. The highest BCUT2D eigenvalue weighted by molar-refractivity contribution is 5.78. The van der Waals surface area contributed by atoms with Crippen molar-refractivity contribution in [3.05, 3.63) is 114 Å². The molecule has 4 nitrogen and oxygen atoms in total. The van der Waals surface area contributed by atoms with Crippen molar-refractivity contribution in [1.29, 1.82) is 0 Å². The van der Waals surface area contributed by atoms with Crippen molar-refractivity contribution in [2.75, 3.05) is 0 Å². The Morgan fingerprint density at radius 1 is 0.919 bits per heavy atom. The van der Waals surface area contributed by atoms with Gasteiger partial charge in [0, 0.05) is 22.8 Å². The molecule has 6 rings (SSSR count). The summed E-state index contributed by atoms with van der Waals surface area (Å²) in [5.74, 6) is 1.27. The second kappa shape index (κ2) is 9.81. The zero-order valence-corrected chi connectivity index (χ0v) is 20.9. The Kier molecular flexibility index (Phi) is 6.21. The molecule has 5 heteroatoms. The minimum absolute atomic E-state index is 0.105. The molecule has 37 heavy (non-hydrogen) atoms. The standard InChI is InChI=1S/C32H29FN2O2/c1-2-31-35-30(21-37-31)27-14-13-26(36-20-25-12-10-22-18-24(33)11-15-29(22)34-25)19-28(27)32(16-6-7-17-32)23-8-4-3-5-9-23/h3-5,8-15,18-19,21H,2,6-7,16-17,20H2,1H3. The third-order valence-corrected chi connectivity index (χ3v) is 7.52. The molecule has 3 aromatic carbocycles. The smallest absolute Gasteiger partial charge is 0.194 e. The molecule has 2 heterocycles. The van der Waals surface area contributed by atoms with E-state index in [4.69, 9.17) is 14.1 Å². The SMILES string of the molecule is CCc1nc(-c2ccc(OCc3ccc4cc(F)ccc4n3)cc2C2(c3ccccc3)CCCC2)co1. The molecule has 5 aromatic rings. The highest BCUT2D eigenvalue weighted by Gasteiger charge is 2.39. The fourth-order valence-electron chi connectivity index (χ4n) is 5.65. The molecule has 0 amide bonds. The summed E-state index contributed by atoms with van der Waals surface area (Å²) in [7, 11) is 0. The van der Waals surface area contributed by atoms with Crippen molar-refractivity contribution < 1.29 is 13.5 Å². The molecule has 0 radical (unpaired) electrons. The summed E-state index contributed by atoms with van der Waals surface area (Å²) in [5, 5.41) is 0.778. The van der Waals surface area contributed by atoms with Crippen LogP contribution >= 0.6 is 0 Å². The van der Waals surface area contributed by atoms with E-state index in [0.29, 0.717) is 6.61 Å². The van der Waals surface area contributed by atoms with E-state index in [-0.39, 0.29) is 11.2 Å². The summed E-state index contributed by atoms with van der Waals surface area (Å²) in [5.41, 5.74) is 5.96. The third kappa shape index (κ3) is 4.50. The number of benzene rings is 3. The lowest BCUT2D eigenvalue weighted by atomic mass is 9.71. The molecule has 1 saturated carbocycles. The summed E-state index contributed by atoms with van der Waals surface area (Å²) in [6.45, 7) is 2.38. The number of hydrogen-bond acceptors (Lipinski definition) is 4. The number of nitrogens with zero attached hydrogens (tertiary/aromatic N) is 2. The zero-order valence-electron chi connectivity index (χ0n) is 20.9. The molecule has 186 valence electrons. The number of fused-ring (bicyclic) bond motifs is 1. The Hall–Kier alpha value is -3.99. The van der Waals surface area contributed by atoms with Crippen molar-refractivity contribution in [2.45, 2.75) is 51.0 Å². The van der Waals surface area contributed by atoms with Gasteiger partial charge < -0.3 is 9.15 Å². The zero-order chi connectivity index (χ0) is 25.2. The van der Waals surface area contributed by atoms with E-state index in [0.717, 1.165) is 58.8 Å². The normalized spacial score (nSPS) is 14.8. The fourth-order valence-corrected chi connectivity index (χ4v) is 5.65. The summed E-state index contributed by atoms with van der Waals surface area (Å²) in [6.07, 6.45) is 7.04. The van der Waals surface area contributed by atoms with E-state index in [1.165, 1.54) is 36.1 Å². The van der Waals surface area contributed by atoms with E-state index < -0.39 is 0 Å². The van der Waals surface area contributed by atoms with Gasteiger partial charge in [0.15, 0.2) is 5.89 Å². The van der Waals surface area contributed by atoms with Crippen LogP contribution in [0.1, 0.15) is 55.3 Å². The highest BCUT2D eigenvalue weighted by Crippen LogP contribution is 2.50. The van der Waals surface area contributed by atoms with Gasteiger partial charge >= 0.3 is 0 Å². The van der Waals surface area contributed by atoms with E-state index in [1.807, 2.05) is 25.1 Å². The summed E-state index contributed by atoms with van der Waals surface area (Å²) < 4.78 is 25.6. The lowest BCUT2D eigenvalue weighted by Crippen LogP contribution is -2.24. The highest BCUT2D eigenvalue weighted by atomic mass is 19.1. The molecule has 0 N–H and O–H groups in total. The summed E-state index contributed by atoms with van der Waals surface area (Å²) in [6, 6.07) is 25.5. The van der Waals surface area contributed by atoms with Crippen molar-refractivity contribution in [3.63, 3.8) is 0 Å². The van der Waals surface area contributed by atoms with Gasteiger partial charge in [-0.3, -0.25) is 0 Å². The number of halogens is 1. The van der Waals surface area contributed by atoms with Crippen molar-refractivity contribution >= 4 is 10.9 Å². The van der Waals surface area contributed by atoms with Crippen molar-refractivity contribution in [3.8, 4) is 17.0 Å². The minimum atomic E-state index is -0.261. The maximum atomic E-state index is 13.5. The number of pyridine rings is 1. The first-order valence-corrected chi connectivity index (χ1v) is 13.0. The van der Waals surface area contributed by atoms with E-state index in [9.17, 15) is 4.39 Å². The maximum absolute atomic E-state index is 13.5. The predicted molar refractivity (Wildman–Crippen MR) is 143 cm³/mol. The van der Waals surface area contributed by atoms with Crippen LogP contribution in [-0.4, -0.2) is 9.97 Å². The molecule has 1 aliphatic carbocycles. The molecule has 0 aliphatic heterocycles. The molecule has 1 aliphatic rings. The summed E-state index contributed by atoms with van der Waals surface area (Å²) in [4.78, 5) is 9.43. The monoisotopic (exact) mass is 492 g/mol. The lowest BCUT2D eigenvalue weighted by Gasteiger charge is -2.32. The Labute approximate surface area is 216 Å². The first kappa shape index (κ1) is 23.4. The first-order chi connectivity index (χ1) is 18.1. The Morgan fingerprint density at radius 3 is 2.54 bits per heavy atom. The molecule has 0 spiro atoms. The van der Waals surface area contributed by atoms with Gasteiger partial charge in [-0.2, -0.15) is 0 Å². The molecule has 0 saturated heterocycles. The van der Waals surface area contributed by atoms with Crippen LogP contribution < -0.4 is 4.74 Å². The van der Waals surface area contributed by atoms with Crippen LogP contribution in [0.25, 0.3) is 22.2 Å². The number of ether oxygens (including phenoxy) is 1. The maximum Gasteiger partial charge on any atom is 0.194 e.